The molecule has 0 spiro atoms. The van der Waals surface area contributed by atoms with E-state index in [2.05, 4.69) is 104 Å². The van der Waals surface area contributed by atoms with Crippen molar-refractivity contribution in [1.29, 1.82) is 0 Å². The van der Waals surface area contributed by atoms with E-state index in [1.54, 1.807) is 0 Å². The number of benzene rings is 3. The molecule has 0 aromatic heterocycles. The fourth-order valence-electron chi connectivity index (χ4n) is 10.6. The summed E-state index contributed by atoms with van der Waals surface area (Å²) in [5, 5.41) is 23.2. The predicted molar refractivity (Wildman–Crippen MR) is 334 cm³/mol. The molecule has 5 heteroatoms. The van der Waals surface area contributed by atoms with E-state index in [-0.39, 0.29) is 28.0 Å². The number of aryl methyl sites for hydroxylation is 6. The fourth-order valence-corrected chi connectivity index (χ4v) is 10.6. The molecular formula is C72H116N2NiO2. The minimum absolute atomic E-state index is 0. The largest absolute Gasteiger partial charge is 2.00 e. The summed E-state index contributed by atoms with van der Waals surface area (Å²) in [6.07, 6.45) is 52.8. The van der Waals surface area contributed by atoms with E-state index in [9.17, 15) is 10.2 Å². The van der Waals surface area contributed by atoms with E-state index in [1.807, 2.05) is 6.07 Å². The Morgan fingerprint density at radius 3 is 1.22 bits per heavy atom. The predicted octanol–water partition coefficient (Wildman–Crippen LogP) is 21.8. The normalized spacial score (nSPS) is 11.5. The maximum Gasteiger partial charge on any atom is 2.00 e. The first-order valence-corrected chi connectivity index (χ1v) is 32.7. The van der Waals surface area contributed by atoms with Gasteiger partial charge < -0.3 is 10.2 Å². The van der Waals surface area contributed by atoms with Gasteiger partial charge >= 0.3 is 16.5 Å². The van der Waals surface area contributed by atoms with Crippen molar-refractivity contribution in [3.8, 4) is 23.3 Å². The van der Waals surface area contributed by atoms with Crippen molar-refractivity contribution in [2.75, 3.05) is 0 Å². The Labute approximate surface area is 487 Å². The number of hydrogen-bond donors (Lipinski definition) is 0. The molecule has 0 fully saturated rings. The molecular weight excluding hydrogens is 983 g/mol. The molecule has 0 bridgehead atoms. The van der Waals surface area contributed by atoms with E-state index < -0.39 is 0 Å². The second-order valence-corrected chi connectivity index (χ2v) is 22.5. The standard InChI is InChI=1S/C57H94N2.C15H24O2.Ni/c1-7-13-15-16-17-18-19-20-21-22-23-24-25-26-27-28-29-30-31-32-33-34-35-37-43-57(59-55-47-45-51(39-10-4)53(49-55)41-12-6)56(42-36-14-8-2)58-54-46-44-50(38-9-3)52(48-54)40-11-5;1-3-5-7-8-12-10-13(9-6-4-2)15(17)14(16)11-12;/h44-49H,7-36,38-42H2,1-6H3;10-11,16-17H,3-9H2,1-2H3;/q;;+2/p-2. The fraction of sp³-hybridized carbons (Fsp3) is 0.694. The van der Waals surface area contributed by atoms with E-state index in [1.165, 1.54) is 208 Å². The van der Waals surface area contributed by atoms with Gasteiger partial charge in [-0.05, 0) is 129 Å². The van der Waals surface area contributed by atoms with Crippen molar-refractivity contribution in [3.05, 3.63) is 81.9 Å². The van der Waals surface area contributed by atoms with E-state index in [4.69, 9.17) is 9.98 Å². The van der Waals surface area contributed by atoms with Gasteiger partial charge in [0.15, 0.2) is 0 Å². The van der Waals surface area contributed by atoms with Crippen LogP contribution in [0.5, 0.6) is 11.5 Å². The Hall–Kier alpha value is -3.35. The van der Waals surface area contributed by atoms with Crippen LogP contribution < -0.4 is 10.2 Å². The third kappa shape index (κ3) is 34.4. The van der Waals surface area contributed by atoms with Crippen LogP contribution in [-0.2, 0) is 55.0 Å². The van der Waals surface area contributed by atoms with Crippen LogP contribution in [0.1, 0.15) is 320 Å². The van der Waals surface area contributed by atoms with Crippen molar-refractivity contribution < 1.29 is 26.7 Å². The van der Waals surface area contributed by atoms with Gasteiger partial charge in [0.05, 0.1) is 17.1 Å². The quantitative estimate of drug-likeness (QED) is 0.0245. The molecule has 3 aromatic carbocycles. The molecule has 0 atom stereocenters. The van der Waals surface area contributed by atoms with Crippen molar-refractivity contribution in [2.45, 2.75) is 325 Å². The van der Waals surface area contributed by atoms with Crippen LogP contribution in [-0.4, -0.2) is 11.4 Å². The van der Waals surface area contributed by atoms with Crippen LogP contribution in [0.2, 0.25) is 0 Å². The number of rotatable bonds is 44. The van der Waals surface area contributed by atoms with Crippen molar-refractivity contribution >= 4 is 22.8 Å². The number of hydrogen-bond acceptors (Lipinski definition) is 4. The van der Waals surface area contributed by atoms with Gasteiger partial charge in [-0.2, -0.15) is 0 Å². The topological polar surface area (TPSA) is 70.8 Å². The summed E-state index contributed by atoms with van der Waals surface area (Å²) in [5.41, 5.74) is 11.6. The summed E-state index contributed by atoms with van der Waals surface area (Å²) < 4.78 is 0. The van der Waals surface area contributed by atoms with Gasteiger partial charge in [-0.3, -0.25) is 4.99 Å². The minimum atomic E-state index is -0.329. The number of aliphatic imine (C=N–C) groups is 2. The molecule has 0 aliphatic rings. The summed E-state index contributed by atoms with van der Waals surface area (Å²) in [6.45, 7) is 18.0. The summed E-state index contributed by atoms with van der Waals surface area (Å²) in [4.78, 5) is 10.7. The van der Waals surface area contributed by atoms with Gasteiger partial charge in [0.1, 0.15) is 5.71 Å². The molecule has 0 saturated heterocycles. The van der Waals surface area contributed by atoms with Crippen LogP contribution in [0.3, 0.4) is 0 Å². The first-order valence-electron chi connectivity index (χ1n) is 32.7. The van der Waals surface area contributed by atoms with Crippen LogP contribution in [0.15, 0.2) is 58.5 Å². The zero-order valence-electron chi connectivity index (χ0n) is 51.3. The number of nitrogens with zero attached hydrogens (tertiary/aromatic N) is 2. The zero-order valence-corrected chi connectivity index (χ0v) is 52.3. The molecule has 4 nitrogen and oxygen atoms in total. The summed E-state index contributed by atoms with van der Waals surface area (Å²) >= 11 is 0. The van der Waals surface area contributed by atoms with Gasteiger partial charge in [0, 0.05) is 6.42 Å². The van der Waals surface area contributed by atoms with Gasteiger partial charge in [-0.25, -0.2) is 4.99 Å². The molecule has 0 saturated carbocycles. The maximum atomic E-state index is 11.6. The zero-order chi connectivity index (χ0) is 55.1. The second-order valence-electron chi connectivity index (χ2n) is 22.5. The molecule has 0 unspecified atom stereocenters. The molecule has 77 heavy (non-hydrogen) atoms. The average Bonchev–Trinajstić information content (AvgIpc) is 3.42. The van der Waals surface area contributed by atoms with E-state index >= 15 is 0 Å². The molecule has 436 valence electrons. The smallest absolute Gasteiger partial charge is 0.873 e. The van der Waals surface area contributed by atoms with Crippen molar-refractivity contribution in [2.24, 2.45) is 9.98 Å². The molecule has 0 aliphatic heterocycles. The van der Waals surface area contributed by atoms with Gasteiger partial charge in [-0.1, -0.05) is 284 Å². The minimum Gasteiger partial charge on any atom is -0.873 e. The first kappa shape index (κ1) is 71.7. The van der Waals surface area contributed by atoms with Crippen molar-refractivity contribution in [1.82, 2.24) is 0 Å². The van der Waals surface area contributed by atoms with Gasteiger partial charge in [-0.15, -0.1) is 11.5 Å². The maximum absolute atomic E-state index is 11.6. The van der Waals surface area contributed by atoms with E-state index in [0.717, 1.165) is 118 Å². The second kappa shape index (κ2) is 49.7. The molecule has 3 aromatic rings. The van der Waals surface area contributed by atoms with Crippen LogP contribution >= 0.6 is 0 Å². The van der Waals surface area contributed by atoms with Gasteiger partial charge in [0.25, 0.3) is 0 Å². The van der Waals surface area contributed by atoms with Crippen LogP contribution in [0.4, 0.5) is 11.4 Å². The average molecular weight is 1100 g/mol. The van der Waals surface area contributed by atoms with Crippen LogP contribution in [0, 0.1) is 11.8 Å². The Balaban J connectivity index is 0.00000139. The SMILES string of the molecule is CCCCCCCCCCCCCCCCCCCCCCCCC#CC(=Nc1ccc(CCC)c(CCC)c1)C(CCCCC)=Nc1ccc(CCC)c(CCC)c1.CCCCCc1cc([O-])c([O-])c(CCCC)c1.[Ni+2]. The van der Waals surface area contributed by atoms with E-state index in [0.29, 0.717) is 5.56 Å². The Morgan fingerprint density at radius 2 is 0.766 bits per heavy atom. The molecule has 3 rings (SSSR count). The summed E-state index contributed by atoms with van der Waals surface area (Å²) in [6, 6.07) is 17.2. The molecule has 0 aliphatic carbocycles. The molecule has 0 radical (unpaired) electrons. The third-order valence-electron chi connectivity index (χ3n) is 15.2. The number of unbranched alkanes of at least 4 members (excludes halogenated alkanes) is 27. The summed E-state index contributed by atoms with van der Waals surface area (Å²) in [7, 11) is 0. The van der Waals surface area contributed by atoms with Gasteiger partial charge in [0.2, 0.25) is 0 Å². The Bertz CT molecular complexity index is 2020. The Morgan fingerprint density at radius 1 is 0.364 bits per heavy atom. The van der Waals surface area contributed by atoms with Crippen molar-refractivity contribution in [3.63, 3.8) is 0 Å². The molecule has 0 amide bonds. The monoisotopic (exact) mass is 1100 g/mol. The summed E-state index contributed by atoms with van der Waals surface area (Å²) in [5.74, 6) is 6.58. The van der Waals surface area contributed by atoms with Crippen LogP contribution in [0.25, 0.3) is 0 Å². The molecule has 0 heterocycles. The molecule has 0 N–H and O–H groups in total. The Kier molecular flexibility index (Phi) is 46.2. The third-order valence-corrected chi connectivity index (χ3v) is 15.2. The first-order chi connectivity index (χ1) is 37.3.